The summed E-state index contributed by atoms with van der Waals surface area (Å²) in [7, 11) is 1.78. The van der Waals surface area contributed by atoms with E-state index in [4.69, 9.17) is 4.74 Å². The molecular weight excluding hydrogens is 266 g/mol. The minimum atomic E-state index is 0. The van der Waals surface area contributed by atoms with Crippen molar-refractivity contribution in [3.63, 3.8) is 0 Å². The Morgan fingerprint density at radius 2 is 1.89 bits per heavy atom. The third-order valence-electron chi connectivity index (χ3n) is 4.46. The van der Waals surface area contributed by atoms with Crippen molar-refractivity contribution in [2.45, 2.75) is 33.6 Å². The van der Waals surface area contributed by atoms with Gasteiger partial charge in [0.05, 0.1) is 6.61 Å². The third-order valence-corrected chi connectivity index (χ3v) is 4.46. The fraction of sp³-hybridized carbons (Fsp3) is 0.933. The molecule has 2 aliphatic rings. The number of fused-ring (bicyclic) bond motifs is 1. The number of likely N-dealkylation sites (tertiary alicyclic amines) is 1. The van der Waals surface area contributed by atoms with Gasteiger partial charge in [-0.05, 0) is 31.1 Å². The Labute approximate surface area is 147 Å². The molecule has 19 heavy (non-hydrogen) atoms. The van der Waals surface area contributed by atoms with E-state index in [1.54, 1.807) is 14.0 Å². The topological polar surface area (TPSA) is 29.5 Å². The number of nitrogens with zero attached hydrogens (tertiary/aromatic N) is 1. The van der Waals surface area contributed by atoms with Crippen molar-refractivity contribution >= 4 is 5.78 Å². The average Bonchev–Trinajstić information content (AvgIpc) is 2.68. The van der Waals surface area contributed by atoms with Crippen LogP contribution in [0.5, 0.6) is 0 Å². The van der Waals surface area contributed by atoms with E-state index < -0.39 is 0 Å². The molecule has 1 saturated heterocycles. The Balaban J connectivity index is 0.00000180. The molecule has 2 unspecified atom stereocenters. The molecule has 0 aromatic heterocycles. The number of hydrogen-bond donors (Lipinski definition) is 0. The fourth-order valence-electron chi connectivity index (χ4n) is 3.71. The van der Waals surface area contributed by atoms with Gasteiger partial charge in [-0.2, -0.15) is 0 Å². The van der Waals surface area contributed by atoms with E-state index in [0.29, 0.717) is 5.78 Å². The van der Waals surface area contributed by atoms with Gasteiger partial charge in [0.1, 0.15) is 5.78 Å². The predicted molar refractivity (Wildman–Crippen MR) is 72.5 cm³/mol. The van der Waals surface area contributed by atoms with Crippen LogP contribution in [0.15, 0.2) is 0 Å². The number of rotatable bonds is 7. The Morgan fingerprint density at radius 1 is 1.32 bits per heavy atom. The SMILES string of the molecule is COCC(C)(C)CN1CC2C(CCC(C)=O)[C@H]2C1.[Ar]. The number of carbonyl (C=O) groups is 1. The molecule has 0 aromatic rings. The largest absolute Gasteiger partial charge is 0.384 e. The minimum Gasteiger partial charge on any atom is -0.384 e. The van der Waals surface area contributed by atoms with Crippen LogP contribution >= 0.6 is 0 Å². The maximum Gasteiger partial charge on any atom is 0.129 e. The van der Waals surface area contributed by atoms with E-state index in [1.807, 2.05) is 0 Å². The van der Waals surface area contributed by atoms with E-state index in [0.717, 1.165) is 43.7 Å². The number of ketones is 1. The monoisotopic (exact) mass is 293 g/mol. The second-order valence-electron chi connectivity index (χ2n) is 7.02. The summed E-state index contributed by atoms with van der Waals surface area (Å²) in [6.07, 6.45) is 1.91. The molecule has 2 rings (SSSR count). The van der Waals surface area contributed by atoms with Crippen LogP contribution in [0.1, 0.15) is 33.6 Å². The molecule has 2 fully saturated rings. The molecule has 4 heteroatoms. The van der Waals surface area contributed by atoms with Crippen LogP contribution in [0.2, 0.25) is 0 Å². The molecule has 0 aromatic carbocycles. The van der Waals surface area contributed by atoms with Crippen LogP contribution in [0, 0.1) is 60.9 Å². The van der Waals surface area contributed by atoms with E-state index in [9.17, 15) is 4.79 Å². The second kappa shape index (κ2) is 7.22. The van der Waals surface area contributed by atoms with Gasteiger partial charge in [-0.3, -0.25) is 0 Å². The summed E-state index contributed by atoms with van der Waals surface area (Å²) >= 11 is 0. The van der Waals surface area contributed by atoms with Crippen LogP contribution in [-0.4, -0.2) is 44.0 Å². The van der Waals surface area contributed by atoms with Crippen molar-refractivity contribution in [1.82, 2.24) is 4.90 Å². The number of hydrogen-bond acceptors (Lipinski definition) is 3. The zero-order valence-corrected chi connectivity index (χ0v) is 13.3. The molecule has 1 aliphatic heterocycles. The number of ether oxygens (including phenoxy) is 1. The van der Waals surface area contributed by atoms with Crippen LogP contribution in [0.3, 0.4) is 0 Å². The molecule has 0 radical (unpaired) electrons. The predicted octanol–water partition coefficient (Wildman–Crippen LogP) is 2.21. The summed E-state index contributed by atoms with van der Waals surface area (Å²) in [6, 6.07) is 0. The Morgan fingerprint density at radius 3 is 2.37 bits per heavy atom. The Bertz CT molecular complexity index is 307. The maximum atomic E-state index is 11.0. The zero-order valence-electron chi connectivity index (χ0n) is 12.6. The van der Waals surface area contributed by atoms with E-state index in [-0.39, 0.29) is 43.2 Å². The Kier molecular flexibility index (Phi) is 6.80. The van der Waals surface area contributed by atoms with Gasteiger partial charge in [0.2, 0.25) is 0 Å². The van der Waals surface area contributed by atoms with Gasteiger partial charge in [-0.15, -0.1) is 0 Å². The standard InChI is InChI=1S/C15H27NO2.Ar/c1-11(17)5-6-12-13-7-16(8-14(12)13)9-15(2,3)10-18-4;/h12-14H,5-10H2,1-4H3;/t12?,13-,14?;/m1./s1. The van der Waals surface area contributed by atoms with Crippen molar-refractivity contribution in [2.24, 2.45) is 23.2 Å². The first-order valence-corrected chi connectivity index (χ1v) is 7.14. The van der Waals surface area contributed by atoms with Gasteiger partial charge >= 0.3 is 0 Å². The van der Waals surface area contributed by atoms with Crippen molar-refractivity contribution in [3.05, 3.63) is 0 Å². The van der Waals surface area contributed by atoms with Gasteiger partial charge in [-0.1, -0.05) is 13.8 Å². The van der Waals surface area contributed by atoms with Crippen molar-refractivity contribution in [3.8, 4) is 0 Å². The van der Waals surface area contributed by atoms with Gasteiger partial charge in [0.15, 0.2) is 0 Å². The molecule has 3 atom stereocenters. The van der Waals surface area contributed by atoms with Crippen LogP contribution < -0.4 is 0 Å². The molecule has 0 bridgehead atoms. The van der Waals surface area contributed by atoms with Gasteiger partial charge in [-0.25, -0.2) is 0 Å². The zero-order chi connectivity index (χ0) is 13.3. The van der Waals surface area contributed by atoms with Crippen molar-refractivity contribution < 1.29 is 47.3 Å². The molecular formula is C15H27ArNO2. The number of Topliss-reactive ketones (excluding diaryl/α,β-unsaturated/α-hetero) is 1. The van der Waals surface area contributed by atoms with Crippen LogP contribution in [0.25, 0.3) is 0 Å². The molecule has 3 nitrogen and oxygen atoms in total. The number of methoxy groups -OCH3 is 1. The second-order valence-corrected chi connectivity index (χ2v) is 7.02. The molecule has 0 amide bonds. The van der Waals surface area contributed by atoms with E-state index >= 15 is 0 Å². The smallest absolute Gasteiger partial charge is 0.129 e. The summed E-state index contributed by atoms with van der Waals surface area (Å²) in [5, 5.41) is 0. The van der Waals surface area contributed by atoms with Gasteiger partial charge in [0.25, 0.3) is 0 Å². The summed E-state index contributed by atoms with van der Waals surface area (Å²) in [6.45, 7) is 10.7. The molecule has 0 N–H and O–H groups in total. The average molecular weight is 293 g/mol. The van der Waals surface area contributed by atoms with Crippen LogP contribution in [-0.2, 0) is 9.53 Å². The number of carbonyl (C=O) groups excluding carboxylic acids is 1. The van der Waals surface area contributed by atoms with Gasteiger partial charge in [0, 0.05) is 76.3 Å². The summed E-state index contributed by atoms with van der Waals surface area (Å²) in [5.41, 5.74) is 0.250. The Hall–Kier alpha value is 0.850. The summed E-state index contributed by atoms with van der Waals surface area (Å²) in [5.74, 6) is 2.94. The normalized spacial score (nSPS) is 29.8. The van der Waals surface area contributed by atoms with Crippen molar-refractivity contribution in [1.29, 1.82) is 0 Å². The molecule has 1 heterocycles. The minimum absolute atomic E-state index is 0. The quantitative estimate of drug-likeness (QED) is 0.721. The first kappa shape index (κ1) is 17.9. The van der Waals surface area contributed by atoms with Crippen LogP contribution in [0.4, 0.5) is 0 Å². The fourth-order valence-corrected chi connectivity index (χ4v) is 3.71. The first-order valence-electron chi connectivity index (χ1n) is 7.14. The molecule has 112 valence electrons. The summed E-state index contributed by atoms with van der Waals surface area (Å²) < 4.78 is 5.28. The van der Waals surface area contributed by atoms with Gasteiger partial charge < -0.3 is 14.4 Å². The molecule has 1 aliphatic carbocycles. The van der Waals surface area contributed by atoms with E-state index in [2.05, 4.69) is 18.7 Å². The number of piperidine rings is 1. The first-order chi connectivity index (χ1) is 8.43. The molecule has 0 spiro atoms. The van der Waals surface area contributed by atoms with E-state index in [1.165, 1.54) is 13.1 Å². The molecule has 1 saturated carbocycles. The van der Waals surface area contributed by atoms with Crippen molar-refractivity contribution in [2.75, 3.05) is 33.4 Å². The summed E-state index contributed by atoms with van der Waals surface area (Å²) in [4.78, 5) is 13.6. The third kappa shape index (κ3) is 4.96. The maximum absolute atomic E-state index is 11.0.